The Morgan fingerprint density at radius 3 is 2.37 bits per heavy atom. The Labute approximate surface area is 173 Å². The van der Waals surface area contributed by atoms with Crippen LogP contribution >= 0.6 is 0 Å². The number of carbonyl (C=O) groups is 2. The van der Waals surface area contributed by atoms with Gasteiger partial charge in [0.1, 0.15) is 6.54 Å². The molecule has 1 atom stereocenters. The summed E-state index contributed by atoms with van der Waals surface area (Å²) in [7, 11) is -1.16. The first-order chi connectivity index (χ1) is 13.8. The van der Waals surface area contributed by atoms with Crippen LogP contribution in [0.3, 0.4) is 0 Å². The van der Waals surface area contributed by atoms with Crippen LogP contribution in [0.2, 0.25) is 0 Å². The van der Waals surface area contributed by atoms with Crippen molar-refractivity contribution >= 4 is 27.6 Å². The monoisotopic (exact) mass is 451 g/mol. The maximum atomic E-state index is 12.7. The molecule has 1 unspecified atom stereocenters. The number of ether oxygens (including phenoxy) is 1. The molecule has 8 nitrogen and oxygen atoms in total. The third-order valence-electron chi connectivity index (χ3n) is 4.53. The summed E-state index contributed by atoms with van der Waals surface area (Å²) in [5.41, 5.74) is 0.369. The van der Waals surface area contributed by atoms with E-state index in [2.05, 4.69) is 0 Å². The molecule has 0 radical (unpaired) electrons. The lowest BCUT2D eigenvalue weighted by atomic mass is 10.1. The second kappa shape index (κ2) is 9.21. The van der Waals surface area contributed by atoms with Crippen LogP contribution in [0.25, 0.3) is 0 Å². The van der Waals surface area contributed by atoms with Crippen molar-refractivity contribution in [1.29, 1.82) is 0 Å². The fourth-order valence-electron chi connectivity index (χ4n) is 2.89. The third kappa shape index (κ3) is 5.85. The smallest absolute Gasteiger partial charge is 0.405 e. The summed E-state index contributed by atoms with van der Waals surface area (Å²) in [5.74, 6) is -2.11. The Hall–Kier alpha value is -2.34. The van der Waals surface area contributed by atoms with Crippen molar-refractivity contribution in [2.75, 3.05) is 38.6 Å². The fourth-order valence-corrected chi connectivity index (χ4v) is 3.82. The average molecular weight is 451 g/mol. The summed E-state index contributed by atoms with van der Waals surface area (Å²) in [6, 6.07) is 4.03. The van der Waals surface area contributed by atoms with Crippen LogP contribution in [0.15, 0.2) is 23.1 Å². The van der Waals surface area contributed by atoms with Gasteiger partial charge < -0.3 is 15.0 Å². The Kier molecular flexibility index (Phi) is 7.35. The van der Waals surface area contributed by atoms with E-state index in [-0.39, 0.29) is 10.5 Å². The normalized spacial score (nSPS) is 15.9. The van der Waals surface area contributed by atoms with Gasteiger partial charge in [0.15, 0.2) is 6.10 Å². The largest absolute Gasteiger partial charge is 0.449 e. The van der Waals surface area contributed by atoms with Crippen LogP contribution in [0.5, 0.6) is 0 Å². The van der Waals surface area contributed by atoms with Crippen molar-refractivity contribution in [3.05, 3.63) is 23.8 Å². The van der Waals surface area contributed by atoms with Crippen LogP contribution in [0.4, 0.5) is 18.9 Å². The molecule has 1 aromatic carbocycles. The molecular weight excluding hydrogens is 427 g/mol. The Balaban J connectivity index is 2.29. The van der Waals surface area contributed by atoms with Crippen molar-refractivity contribution in [3.63, 3.8) is 0 Å². The predicted octanol–water partition coefficient (Wildman–Crippen LogP) is 1.76. The van der Waals surface area contributed by atoms with Gasteiger partial charge in [0.2, 0.25) is 10.0 Å². The fraction of sp³-hybridized carbons (Fsp3) is 0.556. The number of benzene rings is 1. The molecule has 1 aliphatic rings. The number of alkyl halides is 3. The van der Waals surface area contributed by atoms with Crippen molar-refractivity contribution in [2.45, 2.75) is 36.9 Å². The van der Waals surface area contributed by atoms with Crippen molar-refractivity contribution in [2.24, 2.45) is 0 Å². The van der Waals surface area contributed by atoms with E-state index in [9.17, 15) is 31.2 Å². The molecule has 0 saturated carbocycles. The van der Waals surface area contributed by atoms with Crippen LogP contribution < -0.4 is 10.2 Å². The molecule has 1 aromatic rings. The van der Waals surface area contributed by atoms with E-state index in [0.717, 1.165) is 30.1 Å². The first-order valence-corrected chi connectivity index (χ1v) is 10.6. The molecule has 1 heterocycles. The van der Waals surface area contributed by atoms with E-state index in [1.807, 2.05) is 4.90 Å². The Morgan fingerprint density at radius 1 is 1.23 bits per heavy atom. The predicted molar refractivity (Wildman–Crippen MR) is 103 cm³/mol. The van der Waals surface area contributed by atoms with E-state index in [4.69, 9.17) is 4.74 Å². The molecule has 0 bridgehead atoms. The molecule has 1 N–H and O–H groups in total. The molecule has 1 fully saturated rings. The molecule has 168 valence electrons. The quantitative estimate of drug-likeness (QED) is 0.635. The topological polar surface area (TPSA) is 96.0 Å². The molecule has 12 heteroatoms. The van der Waals surface area contributed by atoms with Crippen molar-refractivity contribution in [3.8, 4) is 0 Å². The van der Waals surface area contributed by atoms with Gasteiger partial charge in [0, 0.05) is 27.2 Å². The lowest BCUT2D eigenvalue weighted by molar-refractivity contribution is -0.143. The minimum atomic E-state index is -4.60. The highest BCUT2D eigenvalue weighted by atomic mass is 32.2. The highest BCUT2D eigenvalue weighted by Crippen LogP contribution is 2.29. The zero-order valence-electron chi connectivity index (χ0n) is 16.8. The minimum Gasteiger partial charge on any atom is -0.449 e. The van der Waals surface area contributed by atoms with Crippen molar-refractivity contribution < 1.29 is 35.9 Å². The van der Waals surface area contributed by atoms with Gasteiger partial charge in [-0.25, -0.2) is 17.5 Å². The lowest BCUT2D eigenvalue weighted by Crippen LogP contribution is -2.40. The Bertz CT molecular complexity index is 897. The van der Waals surface area contributed by atoms with Gasteiger partial charge in [0.05, 0.1) is 16.1 Å². The summed E-state index contributed by atoms with van der Waals surface area (Å²) >= 11 is 0. The third-order valence-corrected chi connectivity index (χ3v) is 6.34. The first-order valence-electron chi connectivity index (χ1n) is 9.20. The van der Waals surface area contributed by atoms with Crippen LogP contribution in [-0.4, -0.2) is 70.6 Å². The number of anilines is 1. The second-order valence-corrected chi connectivity index (χ2v) is 9.19. The number of nitrogens with one attached hydrogen (secondary N) is 1. The summed E-state index contributed by atoms with van der Waals surface area (Å²) < 4.78 is 67.7. The molecule has 30 heavy (non-hydrogen) atoms. The van der Waals surface area contributed by atoms with Crippen molar-refractivity contribution in [1.82, 2.24) is 9.62 Å². The highest BCUT2D eigenvalue weighted by Gasteiger charge is 2.31. The first kappa shape index (κ1) is 23.9. The van der Waals surface area contributed by atoms with Gasteiger partial charge in [-0.3, -0.25) is 4.79 Å². The minimum absolute atomic E-state index is 0.0738. The molecule has 0 spiro atoms. The zero-order chi connectivity index (χ0) is 22.7. The molecular formula is C18H24F3N3O5S. The number of esters is 1. The number of rotatable bonds is 7. The van der Waals surface area contributed by atoms with Gasteiger partial charge >= 0.3 is 12.1 Å². The number of hydrogen-bond acceptors (Lipinski definition) is 6. The lowest BCUT2D eigenvalue weighted by Gasteiger charge is -2.23. The zero-order valence-corrected chi connectivity index (χ0v) is 17.6. The van der Waals surface area contributed by atoms with E-state index in [1.54, 1.807) is 5.32 Å². The number of sulfonamides is 1. The Morgan fingerprint density at radius 2 is 1.83 bits per heavy atom. The second-order valence-electron chi connectivity index (χ2n) is 7.04. The van der Waals surface area contributed by atoms with E-state index < -0.39 is 40.7 Å². The van der Waals surface area contributed by atoms with Crippen LogP contribution in [0, 0.1) is 0 Å². The van der Waals surface area contributed by atoms with Gasteiger partial charge in [0.25, 0.3) is 5.91 Å². The highest BCUT2D eigenvalue weighted by molar-refractivity contribution is 7.89. The number of halogens is 3. The van der Waals surface area contributed by atoms with E-state index >= 15 is 0 Å². The molecule has 2 rings (SSSR count). The summed E-state index contributed by atoms with van der Waals surface area (Å²) in [6.07, 6.45) is -4.32. The maximum Gasteiger partial charge on any atom is 0.405 e. The SMILES string of the molecule is CC(OC(=O)c1cc(S(=O)(=O)N(C)C)ccc1N1CCCC1)C(=O)NCC(F)(F)F. The van der Waals surface area contributed by atoms with E-state index in [1.165, 1.54) is 26.2 Å². The van der Waals surface area contributed by atoms with Crippen LogP contribution in [-0.2, 0) is 19.6 Å². The maximum absolute atomic E-state index is 12.7. The number of amides is 1. The molecule has 1 aliphatic heterocycles. The summed E-state index contributed by atoms with van der Waals surface area (Å²) in [6.45, 7) is 0.895. The summed E-state index contributed by atoms with van der Waals surface area (Å²) in [4.78, 5) is 26.3. The molecule has 1 saturated heterocycles. The van der Waals surface area contributed by atoms with E-state index in [0.29, 0.717) is 18.8 Å². The molecule has 1 amide bonds. The van der Waals surface area contributed by atoms with Gasteiger partial charge in [-0.2, -0.15) is 13.2 Å². The number of carbonyl (C=O) groups excluding carboxylic acids is 2. The number of nitrogens with zero attached hydrogens (tertiary/aromatic N) is 2. The van der Waals surface area contributed by atoms with Crippen LogP contribution in [0.1, 0.15) is 30.1 Å². The molecule has 0 aromatic heterocycles. The number of hydrogen-bond donors (Lipinski definition) is 1. The standard InChI is InChI=1S/C18H24F3N3O5S/c1-12(16(25)22-11-18(19,20)21)29-17(26)14-10-13(30(27,28)23(2)3)6-7-15(14)24-8-4-5-9-24/h6-7,10,12H,4-5,8-9,11H2,1-3H3,(H,22,25). The van der Waals surface area contributed by atoms with Gasteiger partial charge in [-0.05, 0) is 38.0 Å². The average Bonchev–Trinajstić information content (AvgIpc) is 3.19. The summed E-state index contributed by atoms with van der Waals surface area (Å²) in [5, 5.41) is 1.65. The van der Waals surface area contributed by atoms with Gasteiger partial charge in [-0.15, -0.1) is 0 Å². The van der Waals surface area contributed by atoms with Gasteiger partial charge in [-0.1, -0.05) is 0 Å². The molecule has 0 aliphatic carbocycles.